The number of aryl methyl sites for hydroxylation is 1. The molecule has 0 fully saturated rings. The quantitative estimate of drug-likeness (QED) is 0.672. The molecule has 144 valence electrons. The minimum Gasteiger partial charge on any atom is -0.497 e. The summed E-state index contributed by atoms with van der Waals surface area (Å²) in [6, 6.07) is 12.5. The fourth-order valence-electron chi connectivity index (χ4n) is 2.52. The third-order valence-corrected chi connectivity index (χ3v) is 3.82. The number of ether oxygens (including phenoxy) is 2. The summed E-state index contributed by atoms with van der Waals surface area (Å²) in [7, 11) is 3.05. The maximum Gasteiger partial charge on any atom is 0.274 e. The zero-order valence-corrected chi connectivity index (χ0v) is 15.6. The number of nitrogens with one attached hydrogen (secondary N) is 2. The van der Waals surface area contributed by atoms with E-state index in [0.717, 1.165) is 0 Å². The molecule has 8 heteroatoms. The van der Waals surface area contributed by atoms with Gasteiger partial charge in [-0.05, 0) is 43.3 Å². The first-order chi connectivity index (χ1) is 13.5. The van der Waals surface area contributed by atoms with Crippen LogP contribution in [0, 0.1) is 12.7 Å². The van der Waals surface area contributed by atoms with E-state index < -0.39 is 5.91 Å². The number of halogens is 1. The summed E-state index contributed by atoms with van der Waals surface area (Å²) in [5.41, 5.74) is 1.70. The van der Waals surface area contributed by atoms with Crippen LogP contribution in [0.5, 0.6) is 11.5 Å². The topological polar surface area (TPSA) is 85.4 Å². The molecule has 0 saturated heterocycles. The number of hydrogen-bond acceptors (Lipinski definition) is 6. The van der Waals surface area contributed by atoms with E-state index in [-0.39, 0.29) is 17.5 Å². The molecule has 0 saturated carbocycles. The van der Waals surface area contributed by atoms with Crippen molar-refractivity contribution in [3.8, 4) is 11.5 Å². The highest BCUT2D eigenvalue weighted by atomic mass is 19.1. The van der Waals surface area contributed by atoms with E-state index in [1.54, 1.807) is 50.4 Å². The Hall–Kier alpha value is -3.68. The third kappa shape index (κ3) is 4.53. The second-order valence-electron chi connectivity index (χ2n) is 5.87. The number of methoxy groups -OCH3 is 2. The first kappa shape index (κ1) is 19.1. The minimum atomic E-state index is -0.434. The summed E-state index contributed by atoms with van der Waals surface area (Å²) in [4.78, 5) is 21.1. The number of carbonyl (C=O) groups is 1. The van der Waals surface area contributed by atoms with Crippen molar-refractivity contribution in [3.05, 3.63) is 65.7 Å². The first-order valence-electron chi connectivity index (χ1n) is 8.40. The molecule has 1 aromatic heterocycles. The van der Waals surface area contributed by atoms with Crippen LogP contribution in [0.3, 0.4) is 0 Å². The SMILES string of the molecule is COc1ccc(NC(=O)c2cc(C)nc(Nc3cccc(F)c3)n2)c(OC)c1. The summed E-state index contributed by atoms with van der Waals surface area (Å²) in [6.45, 7) is 1.74. The van der Waals surface area contributed by atoms with E-state index in [0.29, 0.717) is 28.6 Å². The molecule has 0 bridgehead atoms. The molecule has 0 atom stereocenters. The molecule has 1 heterocycles. The molecule has 3 aromatic rings. The van der Waals surface area contributed by atoms with Crippen LogP contribution in [0.1, 0.15) is 16.2 Å². The summed E-state index contributed by atoms with van der Waals surface area (Å²) in [5, 5.41) is 5.66. The van der Waals surface area contributed by atoms with Gasteiger partial charge in [-0.15, -0.1) is 0 Å². The number of benzene rings is 2. The average molecular weight is 382 g/mol. The van der Waals surface area contributed by atoms with Crippen molar-refractivity contribution in [1.29, 1.82) is 0 Å². The van der Waals surface area contributed by atoms with E-state index in [4.69, 9.17) is 9.47 Å². The predicted octanol–water partition coefficient (Wildman–Crippen LogP) is 3.94. The average Bonchev–Trinajstić information content (AvgIpc) is 2.67. The zero-order chi connectivity index (χ0) is 20.1. The van der Waals surface area contributed by atoms with Crippen LogP contribution in [0.25, 0.3) is 0 Å². The Morgan fingerprint density at radius 2 is 1.86 bits per heavy atom. The van der Waals surface area contributed by atoms with Gasteiger partial charge in [0, 0.05) is 17.4 Å². The lowest BCUT2D eigenvalue weighted by Crippen LogP contribution is -2.16. The molecule has 0 spiro atoms. The van der Waals surface area contributed by atoms with Gasteiger partial charge >= 0.3 is 0 Å². The normalized spacial score (nSPS) is 10.3. The van der Waals surface area contributed by atoms with Crippen molar-refractivity contribution in [3.63, 3.8) is 0 Å². The van der Waals surface area contributed by atoms with Gasteiger partial charge in [-0.3, -0.25) is 4.79 Å². The van der Waals surface area contributed by atoms with Gasteiger partial charge in [-0.1, -0.05) is 6.07 Å². The summed E-state index contributed by atoms with van der Waals surface area (Å²) >= 11 is 0. The van der Waals surface area contributed by atoms with Crippen LogP contribution in [-0.2, 0) is 0 Å². The lowest BCUT2D eigenvalue weighted by Gasteiger charge is -2.12. The Morgan fingerprint density at radius 1 is 1.04 bits per heavy atom. The molecular weight excluding hydrogens is 363 g/mol. The number of nitrogens with zero attached hydrogens (tertiary/aromatic N) is 2. The molecule has 2 aromatic carbocycles. The Labute approximate surface area is 161 Å². The lowest BCUT2D eigenvalue weighted by atomic mass is 10.2. The number of amides is 1. The van der Waals surface area contributed by atoms with Crippen molar-refractivity contribution in [2.24, 2.45) is 0 Å². The van der Waals surface area contributed by atoms with E-state index in [9.17, 15) is 9.18 Å². The predicted molar refractivity (Wildman–Crippen MR) is 104 cm³/mol. The molecule has 1 amide bonds. The minimum absolute atomic E-state index is 0.157. The Balaban J connectivity index is 1.83. The van der Waals surface area contributed by atoms with Gasteiger partial charge in [0.05, 0.1) is 19.9 Å². The van der Waals surface area contributed by atoms with Gasteiger partial charge in [0.2, 0.25) is 5.95 Å². The van der Waals surface area contributed by atoms with Crippen LogP contribution in [0.4, 0.5) is 21.7 Å². The number of hydrogen-bond donors (Lipinski definition) is 2. The van der Waals surface area contributed by atoms with Gasteiger partial charge in [-0.2, -0.15) is 0 Å². The summed E-state index contributed by atoms with van der Waals surface area (Å²) < 4.78 is 23.8. The Kier molecular flexibility index (Phi) is 5.69. The van der Waals surface area contributed by atoms with Crippen LogP contribution >= 0.6 is 0 Å². The van der Waals surface area contributed by atoms with Crippen LogP contribution in [0.15, 0.2) is 48.5 Å². The summed E-state index contributed by atoms with van der Waals surface area (Å²) in [6.07, 6.45) is 0. The number of aromatic nitrogens is 2. The fraction of sp³-hybridized carbons (Fsp3) is 0.150. The van der Waals surface area contributed by atoms with E-state index in [2.05, 4.69) is 20.6 Å². The van der Waals surface area contributed by atoms with Gasteiger partial charge in [0.25, 0.3) is 5.91 Å². The molecule has 3 rings (SSSR count). The van der Waals surface area contributed by atoms with Crippen molar-refractivity contribution >= 4 is 23.2 Å². The lowest BCUT2D eigenvalue weighted by molar-refractivity contribution is 0.102. The van der Waals surface area contributed by atoms with E-state index in [1.165, 1.54) is 19.2 Å². The molecule has 0 aliphatic carbocycles. The monoisotopic (exact) mass is 382 g/mol. The molecule has 28 heavy (non-hydrogen) atoms. The Morgan fingerprint density at radius 3 is 2.57 bits per heavy atom. The van der Waals surface area contributed by atoms with Crippen LogP contribution in [-0.4, -0.2) is 30.1 Å². The largest absolute Gasteiger partial charge is 0.497 e. The molecule has 2 N–H and O–H groups in total. The molecule has 0 radical (unpaired) electrons. The number of anilines is 3. The van der Waals surface area contributed by atoms with Gasteiger partial charge in [-0.25, -0.2) is 14.4 Å². The van der Waals surface area contributed by atoms with Crippen LogP contribution in [0.2, 0.25) is 0 Å². The Bertz CT molecular complexity index is 1010. The van der Waals surface area contributed by atoms with E-state index in [1.807, 2.05) is 0 Å². The van der Waals surface area contributed by atoms with Crippen molar-refractivity contribution in [2.45, 2.75) is 6.92 Å². The molecule has 0 aliphatic heterocycles. The maximum absolute atomic E-state index is 13.4. The smallest absolute Gasteiger partial charge is 0.274 e. The molecular formula is C20H19FN4O3. The number of rotatable bonds is 6. The highest BCUT2D eigenvalue weighted by Crippen LogP contribution is 2.29. The van der Waals surface area contributed by atoms with E-state index >= 15 is 0 Å². The van der Waals surface area contributed by atoms with Crippen LogP contribution < -0.4 is 20.1 Å². The highest BCUT2D eigenvalue weighted by molar-refractivity contribution is 6.04. The van der Waals surface area contributed by atoms with Gasteiger partial charge < -0.3 is 20.1 Å². The maximum atomic E-state index is 13.4. The highest BCUT2D eigenvalue weighted by Gasteiger charge is 2.14. The molecule has 7 nitrogen and oxygen atoms in total. The second-order valence-corrected chi connectivity index (χ2v) is 5.87. The van der Waals surface area contributed by atoms with Gasteiger partial charge in [0.15, 0.2) is 0 Å². The van der Waals surface area contributed by atoms with Gasteiger partial charge in [0.1, 0.15) is 23.0 Å². The third-order valence-electron chi connectivity index (χ3n) is 3.82. The van der Waals surface area contributed by atoms with Crippen molar-refractivity contribution in [2.75, 3.05) is 24.9 Å². The first-order valence-corrected chi connectivity index (χ1v) is 8.40. The fourth-order valence-corrected chi connectivity index (χ4v) is 2.52. The standard InChI is InChI=1S/C20H19FN4O3/c1-12-9-17(25-20(22-12)23-14-6-4-5-13(21)10-14)19(26)24-16-8-7-15(27-2)11-18(16)28-3/h4-11H,1-3H3,(H,24,26)(H,22,23,25). The number of carbonyl (C=O) groups excluding carboxylic acids is 1. The summed E-state index contributed by atoms with van der Waals surface area (Å²) in [5.74, 6) is 0.432. The zero-order valence-electron chi connectivity index (χ0n) is 15.6. The molecule has 0 unspecified atom stereocenters. The molecule has 0 aliphatic rings. The van der Waals surface area contributed by atoms with Crippen molar-refractivity contribution < 1.29 is 18.7 Å². The second kappa shape index (κ2) is 8.34. The van der Waals surface area contributed by atoms with Crippen molar-refractivity contribution in [1.82, 2.24) is 9.97 Å².